The third kappa shape index (κ3) is 5.16. The molecule has 1 unspecified atom stereocenters. The lowest BCUT2D eigenvalue weighted by molar-refractivity contribution is -0.117. The topological polar surface area (TPSA) is 76.1 Å². The van der Waals surface area contributed by atoms with E-state index < -0.39 is 15.8 Å². The molecule has 1 amide bonds. The maximum Gasteiger partial charge on any atom is 0.231 e. The zero-order chi connectivity index (χ0) is 17.7. The molecule has 6 heteroatoms. The van der Waals surface area contributed by atoms with Gasteiger partial charge < -0.3 is 5.32 Å². The number of rotatable bonds is 6. The van der Waals surface area contributed by atoms with Gasteiger partial charge in [-0.2, -0.15) is 0 Å². The van der Waals surface area contributed by atoms with Crippen LogP contribution >= 0.6 is 0 Å². The Bertz CT molecular complexity index is 817. The van der Waals surface area contributed by atoms with Crippen LogP contribution in [0.25, 0.3) is 0 Å². The minimum atomic E-state index is -3.14. The van der Waals surface area contributed by atoms with Crippen molar-refractivity contribution < 1.29 is 13.2 Å². The van der Waals surface area contributed by atoms with E-state index in [0.717, 1.165) is 16.8 Å². The summed E-state index contributed by atoms with van der Waals surface area (Å²) in [6.45, 7) is 3.83. The van der Waals surface area contributed by atoms with E-state index in [1.54, 1.807) is 6.20 Å². The second-order valence-electron chi connectivity index (χ2n) is 6.00. The van der Waals surface area contributed by atoms with E-state index in [1.807, 2.05) is 50.2 Å². The molecule has 5 nitrogen and oxygen atoms in total. The van der Waals surface area contributed by atoms with Crippen LogP contribution in [0.15, 0.2) is 42.6 Å². The summed E-state index contributed by atoms with van der Waals surface area (Å²) < 4.78 is 23.0. The van der Waals surface area contributed by atoms with Crippen molar-refractivity contribution in [1.82, 2.24) is 4.98 Å². The van der Waals surface area contributed by atoms with Crippen molar-refractivity contribution in [3.8, 4) is 0 Å². The Kier molecular flexibility index (Phi) is 5.72. The van der Waals surface area contributed by atoms with Crippen molar-refractivity contribution in [2.45, 2.75) is 26.2 Å². The summed E-state index contributed by atoms with van der Waals surface area (Å²) in [4.78, 5) is 16.9. The summed E-state index contributed by atoms with van der Waals surface area (Å²) in [6, 6.07) is 11.1. The molecule has 0 radical (unpaired) electrons. The summed E-state index contributed by atoms with van der Waals surface area (Å²) >= 11 is 0. The molecule has 24 heavy (non-hydrogen) atoms. The average Bonchev–Trinajstić information content (AvgIpc) is 2.51. The van der Waals surface area contributed by atoms with Gasteiger partial charge in [-0.3, -0.25) is 9.78 Å². The van der Waals surface area contributed by atoms with Crippen molar-refractivity contribution in [3.63, 3.8) is 0 Å². The molecule has 1 N–H and O–H groups in total. The third-order valence-electron chi connectivity index (χ3n) is 3.90. The summed E-state index contributed by atoms with van der Waals surface area (Å²) in [5, 5.41) is 2.85. The zero-order valence-electron chi connectivity index (χ0n) is 14.1. The smallest absolute Gasteiger partial charge is 0.231 e. The first-order chi connectivity index (χ1) is 11.3. The van der Waals surface area contributed by atoms with Crippen LogP contribution in [-0.4, -0.2) is 31.3 Å². The molecule has 1 heterocycles. The third-order valence-corrected chi connectivity index (χ3v) is 4.88. The Morgan fingerprint density at radius 1 is 1.21 bits per heavy atom. The molecule has 2 aromatic rings. The highest BCUT2D eigenvalue weighted by Gasteiger charge is 2.22. The van der Waals surface area contributed by atoms with Crippen LogP contribution in [0.1, 0.15) is 29.2 Å². The fourth-order valence-corrected chi connectivity index (χ4v) is 3.07. The number of nitrogens with zero attached hydrogens (tertiary/aromatic N) is 1. The van der Waals surface area contributed by atoms with Crippen LogP contribution < -0.4 is 5.32 Å². The first-order valence-corrected chi connectivity index (χ1v) is 9.79. The maximum atomic E-state index is 12.7. The van der Waals surface area contributed by atoms with Crippen LogP contribution in [0.4, 0.5) is 5.69 Å². The van der Waals surface area contributed by atoms with E-state index in [0.29, 0.717) is 5.69 Å². The Morgan fingerprint density at radius 3 is 2.46 bits per heavy atom. The Balaban J connectivity index is 2.22. The van der Waals surface area contributed by atoms with Gasteiger partial charge in [-0.05, 0) is 37.5 Å². The number of pyridine rings is 1. The minimum absolute atomic E-state index is 0.0366. The Morgan fingerprint density at radius 2 is 1.88 bits per heavy atom. The number of benzene rings is 1. The predicted molar refractivity (Wildman–Crippen MR) is 95.9 cm³/mol. The number of aromatic nitrogens is 1. The summed E-state index contributed by atoms with van der Waals surface area (Å²) in [5.41, 5.74) is 3.31. The fraction of sp³-hybridized carbons (Fsp3) is 0.333. The normalized spacial score (nSPS) is 12.6. The van der Waals surface area contributed by atoms with Gasteiger partial charge in [-0.25, -0.2) is 8.42 Å². The zero-order valence-corrected chi connectivity index (χ0v) is 14.9. The molecule has 1 aromatic heterocycles. The molecule has 0 aliphatic heterocycles. The molecular formula is C18H22N2O3S. The number of hydrogen-bond donors (Lipinski definition) is 1. The molecule has 0 saturated carbocycles. The van der Waals surface area contributed by atoms with Crippen LogP contribution in [0.2, 0.25) is 0 Å². The quantitative estimate of drug-likeness (QED) is 0.872. The first-order valence-electron chi connectivity index (χ1n) is 7.73. The second kappa shape index (κ2) is 7.57. The first kappa shape index (κ1) is 18.1. The van der Waals surface area contributed by atoms with E-state index in [-0.39, 0.29) is 18.1 Å². The summed E-state index contributed by atoms with van der Waals surface area (Å²) in [5.74, 6) is -0.789. The molecule has 1 atom stereocenters. The van der Waals surface area contributed by atoms with E-state index in [4.69, 9.17) is 0 Å². The SMILES string of the molecule is Cc1cc(NC(=O)C(CCS(C)(=O)=O)c2ccccc2)cnc1C. The summed E-state index contributed by atoms with van der Waals surface area (Å²) in [7, 11) is -3.14. The lowest BCUT2D eigenvalue weighted by Crippen LogP contribution is -2.23. The number of aryl methyl sites for hydroxylation is 2. The molecule has 128 valence electrons. The van der Waals surface area contributed by atoms with E-state index in [1.165, 1.54) is 6.26 Å². The largest absolute Gasteiger partial charge is 0.324 e. The van der Waals surface area contributed by atoms with Crippen LogP contribution in [-0.2, 0) is 14.6 Å². The van der Waals surface area contributed by atoms with Crippen LogP contribution in [0.5, 0.6) is 0 Å². The van der Waals surface area contributed by atoms with Crippen molar-refractivity contribution in [2.24, 2.45) is 0 Å². The van der Waals surface area contributed by atoms with Gasteiger partial charge in [0, 0.05) is 11.9 Å². The predicted octanol–water partition coefficient (Wildman–Crippen LogP) is 2.86. The van der Waals surface area contributed by atoms with Gasteiger partial charge in [-0.15, -0.1) is 0 Å². The molecule has 0 aliphatic rings. The molecule has 0 saturated heterocycles. The number of carbonyl (C=O) groups excluding carboxylic acids is 1. The molecule has 0 aliphatic carbocycles. The molecule has 0 bridgehead atoms. The number of nitrogens with one attached hydrogen (secondary N) is 1. The van der Waals surface area contributed by atoms with E-state index in [2.05, 4.69) is 10.3 Å². The van der Waals surface area contributed by atoms with Gasteiger partial charge in [-0.1, -0.05) is 30.3 Å². The van der Waals surface area contributed by atoms with Gasteiger partial charge in [0.2, 0.25) is 5.91 Å². The highest BCUT2D eigenvalue weighted by molar-refractivity contribution is 7.90. The molecule has 1 aromatic carbocycles. The lowest BCUT2D eigenvalue weighted by Gasteiger charge is -2.17. The van der Waals surface area contributed by atoms with Gasteiger partial charge >= 0.3 is 0 Å². The number of hydrogen-bond acceptors (Lipinski definition) is 4. The number of anilines is 1. The van der Waals surface area contributed by atoms with Gasteiger partial charge in [0.15, 0.2) is 0 Å². The fourth-order valence-electron chi connectivity index (χ4n) is 2.41. The number of carbonyl (C=O) groups is 1. The lowest BCUT2D eigenvalue weighted by atomic mass is 9.95. The van der Waals surface area contributed by atoms with E-state index >= 15 is 0 Å². The standard InChI is InChI=1S/C18H22N2O3S/c1-13-11-16(12-19-14(13)2)20-18(21)17(9-10-24(3,22)23)15-7-5-4-6-8-15/h4-8,11-12,17H,9-10H2,1-3H3,(H,20,21). The monoisotopic (exact) mass is 346 g/mol. The molecule has 0 fully saturated rings. The van der Waals surface area contributed by atoms with Crippen molar-refractivity contribution >= 4 is 21.4 Å². The molecule has 2 rings (SSSR count). The number of amides is 1. The van der Waals surface area contributed by atoms with Gasteiger partial charge in [0.1, 0.15) is 9.84 Å². The van der Waals surface area contributed by atoms with E-state index in [9.17, 15) is 13.2 Å². The summed E-state index contributed by atoms with van der Waals surface area (Å²) in [6.07, 6.45) is 3.03. The minimum Gasteiger partial charge on any atom is -0.324 e. The van der Waals surface area contributed by atoms with Crippen LogP contribution in [0, 0.1) is 13.8 Å². The maximum absolute atomic E-state index is 12.7. The highest BCUT2D eigenvalue weighted by atomic mass is 32.2. The van der Waals surface area contributed by atoms with Gasteiger partial charge in [0.05, 0.1) is 23.6 Å². The average molecular weight is 346 g/mol. The van der Waals surface area contributed by atoms with Crippen molar-refractivity contribution in [2.75, 3.05) is 17.3 Å². The number of sulfone groups is 1. The highest BCUT2D eigenvalue weighted by Crippen LogP contribution is 2.23. The van der Waals surface area contributed by atoms with Crippen molar-refractivity contribution in [1.29, 1.82) is 0 Å². The van der Waals surface area contributed by atoms with Gasteiger partial charge in [0.25, 0.3) is 0 Å². The molecular weight excluding hydrogens is 324 g/mol. The Hall–Kier alpha value is -2.21. The second-order valence-corrected chi connectivity index (χ2v) is 8.26. The Labute approximate surface area is 143 Å². The molecule has 0 spiro atoms. The van der Waals surface area contributed by atoms with Crippen molar-refractivity contribution in [3.05, 3.63) is 59.4 Å². The van der Waals surface area contributed by atoms with Crippen LogP contribution in [0.3, 0.4) is 0 Å².